The fourth-order valence-corrected chi connectivity index (χ4v) is 5.57. The molecular formula is C21H16F5NO5S. The molecule has 0 saturated heterocycles. The number of methoxy groups -OCH3 is 2. The first-order valence-electron chi connectivity index (χ1n) is 9.44. The number of nitrogens with zero attached hydrogens (tertiary/aromatic N) is 1. The molecule has 0 radical (unpaired) electrons. The van der Waals surface area contributed by atoms with E-state index in [-0.39, 0.29) is 30.0 Å². The van der Waals surface area contributed by atoms with Gasteiger partial charge in [-0.25, -0.2) is 30.4 Å². The van der Waals surface area contributed by atoms with Crippen LogP contribution in [0.2, 0.25) is 0 Å². The van der Waals surface area contributed by atoms with Crippen molar-refractivity contribution in [3.8, 4) is 11.5 Å². The number of halogens is 5. The molecule has 0 bridgehead atoms. The van der Waals surface area contributed by atoms with Gasteiger partial charge in [0.15, 0.2) is 28.2 Å². The van der Waals surface area contributed by atoms with Gasteiger partial charge < -0.3 is 13.9 Å². The number of hydrogen-bond donors (Lipinski definition) is 0. The third-order valence-corrected chi connectivity index (χ3v) is 7.25. The topological polar surface area (TPSA) is 69.0 Å². The summed E-state index contributed by atoms with van der Waals surface area (Å²) in [5.74, 6) is -11.4. The van der Waals surface area contributed by atoms with Crippen molar-refractivity contribution in [2.24, 2.45) is 0 Å². The van der Waals surface area contributed by atoms with E-state index in [0.29, 0.717) is 15.6 Å². The molecule has 1 aromatic heterocycles. The summed E-state index contributed by atoms with van der Waals surface area (Å²) in [4.78, 5) is -1.94. The molecule has 12 heteroatoms. The van der Waals surface area contributed by atoms with E-state index in [4.69, 9.17) is 13.9 Å². The van der Waals surface area contributed by atoms with Crippen molar-refractivity contribution in [1.29, 1.82) is 0 Å². The molecule has 0 fully saturated rings. The number of fused-ring (bicyclic) bond motifs is 1. The summed E-state index contributed by atoms with van der Waals surface area (Å²) in [5.41, 5.74) is 0.878. The predicted molar refractivity (Wildman–Crippen MR) is 104 cm³/mol. The number of furan rings is 1. The van der Waals surface area contributed by atoms with Gasteiger partial charge >= 0.3 is 0 Å². The average Bonchev–Trinajstić information content (AvgIpc) is 3.34. The molecule has 2 heterocycles. The Morgan fingerprint density at radius 1 is 0.970 bits per heavy atom. The first kappa shape index (κ1) is 23.1. The summed E-state index contributed by atoms with van der Waals surface area (Å²) in [6.07, 6.45) is 1.29. The van der Waals surface area contributed by atoms with E-state index in [1.54, 1.807) is 6.07 Å². The van der Waals surface area contributed by atoms with Gasteiger partial charge in [0.05, 0.1) is 20.5 Å². The highest BCUT2D eigenvalue weighted by Gasteiger charge is 2.45. The maximum Gasteiger partial charge on any atom is 0.250 e. The van der Waals surface area contributed by atoms with Crippen LogP contribution in [0.1, 0.15) is 22.9 Å². The smallest absolute Gasteiger partial charge is 0.250 e. The van der Waals surface area contributed by atoms with Crippen molar-refractivity contribution >= 4 is 10.0 Å². The molecule has 0 amide bonds. The van der Waals surface area contributed by atoms with Crippen molar-refractivity contribution in [2.75, 3.05) is 20.8 Å². The molecule has 1 atom stereocenters. The average molecular weight is 489 g/mol. The molecule has 4 rings (SSSR count). The predicted octanol–water partition coefficient (Wildman–Crippen LogP) is 4.33. The van der Waals surface area contributed by atoms with E-state index in [0.717, 1.165) is 0 Å². The zero-order valence-corrected chi connectivity index (χ0v) is 18.0. The Morgan fingerprint density at radius 2 is 1.61 bits per heavy atom. The zero-order valence-electron chi connectivity index (χ0n) is 17.2. The lowest BCUT2D eigenvalue weighted by atomic mass is 9.91. The summed E-state index contributed by atoms with van der Waals surface area (Å²) < 4.78 is 113. The molecule has 0 spiro atoms. The van der Waals surface area contributed by atoms with Crippen LogP contribution < -0.4 is 9.47 Å². The van der Waals surface area contributed by atoms with Crippen LogP contribution in [0.25, 0.3) is 0 Å². The maximum atomic E-state index is 14.5. The van der Waals surface area contributed by atoms with Gasteiger partial charge in [0.1, 0.15) is 23.3 Å². The van der Waals surface area contributed by atoms with E-state index < -0.39 is 50.0 Å². The normalized spacial score (nSPS) is 16.5. The first-order chi connectivity index (χ1) is 15.6. The highest BCUT2D eigenvalue weighted by Crippen LogP contribution is 2.45. The minimum Gasteiger partial charge on any atom is -0.497 e. The first-order valence-corrected chi connectivity index (χ1v) is 10.9. The van der Waals surface area contributed by atoms with Gasteiger partial charge in [-0.15, -0.1) is 0 Å². The molecule has 176 valence electrons. The van der Waals surface area contributed by atoms with Gasteiger partial charge in [-0.1, -0.05) is 0 Å². The molecule has 33 heavy (non-hydrogen) atoms. The van der Waals surface area contributed by atoms with E-state index in [1.807, 2.05) is 0 Å². The van der Waals surface area contributed by atoms with Crippen LogP contribution in [-0.4, -0.2) is 33.5 Å². The van der Waals surface area contributed by atoms with Crippen molar-refractivity contribution in [3.05, 3.63) is 76.5 Å². The molecule has 1 aliphatic rings. The summed E-state index contributed by atoms with van der Waals surface area (Å²) in [6.45, 7) is -0.351. The van der Waals surface area contributed by atoms with Crippen molar-refractivity contribution in [2.45, 2.75) is 17.4 Å². The molecule has 0 N–H and O–H groups in total. The quantitative estimate of drug-likeness (QED) is 0.303. The Balaban J connectivity index is 1.98. The number of ether oxygens (including phenoxy) is 2. The van der Waals surface area contributed by atoms with Crippen LogP contribution in [0.15, 0.2) is 39.8 Å². The van der Waals surface area contributed by atoms with Crippen molar-refractivity contribution in [1.82, 2.24) is 4.31 Å². The molecule has 6 nitrogen and oxygen atoms in total. The second-order valence-corrected chi connectivity index (χ2v) is 8.91. The SMILES string of the molecule is COc1cc2c(c(OC)c1)C(c1ccco1)N(S(=O)(=O)c1c(F)c(F)c(F)c(F)c1F)CC2. The lowest BCUT2D eigenvalue weighted by Gasteiger charge is -2.36. The van der Waals surface area contributed by atoms with Gasteiger partial charge in [0, 0.05) is 18.2 Å². The summed E-state index contributed by atoms with van der Waals surface area (Å²) in [7, 11) is -2.50. The van der Waals surface area contributed by atoms with E-state index >= 15 is 0 Å². The van der Waals surface area contributed by atoms with Crippen LogP contribution in [-0.2, 0) is 16.4 Å². The molecule has 0 saturated carbocycles. The summed E-state index contributed by atoms with van der Waals surface area (Å²) in [5, 5.41) is 0. The summed E-state index contributed by atoms with van der Waals surface area (Å²) in [6, 6.07) is 4.68. The molecular weight excluding hydrogens is 473 g/mol. The number of rotatable bonds is 5. The zero-order chi connectivity index (χ0) is 24.1. The second-order valence-electron chi connectivity index (χ2n) is 7.09. The standard InChI is InChI=1S/C21H16F5NO5S/c1-30-11-8-10-5-6-27(20(12-4-3-7-32-12)14(10)13(9-11)31-2)33(28,29)21-18(25)16(23)15(22)17(24)19(21)26/h3-4,7-9,20H,5-6H2,1-2H3. The minimum atomic E-state index is -5.25. The van der Waals surface area contributed by atoms with Crippen molar-refractivity contribution in [3.63, 3.8) is 0 Å². The number of sulfonamides is 1. The van der Waals surface area contributed by atoms with Gasteiger partial charge in [-0.2, -0.15) is 4.31 Å². The maximum absolute atomic E-state index is 14.5. The summed E-state index contributed by atoms with van der Waals surface area (Å²) >= 11 is 0. The van der Waals surface area contributed by atoms with Crippen LogP contribution in [0, 0.1) is 29.1 Å². The fraction of sp³-hybridized carbons (Fsp3) is 0.238. The minimum absolute atomic E-state index is 0.0364. The molecule has 1 unspecified atom stereocenters. The Labute approximate surface area is 185 Å². The third kappa shape index (κ3) is 3.53. The largest absolute Gasteiger partial charge is 0.497 e. The Kier molecular flexibility index (Phi) is 5.83. The Morgan fingerprint density at radius 3 is 2.15 bits per heavy atom. The molecule has 3 aromatic rings. The monoisotopic (exact) mass is 489 g/mol. The molecule has 1 aliphatic heterocycles. The third-order valence-electron chi connectivity index (χ3n) is 5.37. The lowest BCUT2D eigenvalue weighted by Crippen LogP contribution is -2.41. The van der Waals surface area contributed by atoms with Gasteiger partial charge in [-0.05, 0) is 30.2 Å². The highest BCUT2D eigenvalue weighted by atomic mass is 32.2. The van der Waals surface area contributed by atoms with Crippen molar-refractivity contribution < 1.29 is 44.3 Å². The fourth-order valence-electron chi connectivity index (χ4n) is 3.88. The van der Waals surface area contributed by atoms with Crippen LogP contribution >= 0.6 is 0 Å². The Hall–Kier alpha value is -3.12. The van der Waals surface area contributed by atoms with Crippen LogP contribution in [0.3, 0.4) is 0 Å². The number of benzene rings is 2. The van der Waals surface area contributed by atoms with Gasteiger partial charge in [0.25, 0.3) is 0 Å². The van der Waals surface area contributed by atoms with Gasteiger partial charge in [0.2, 0.25) is 15.8 Å². The Bertz CT molecular complexity index is 1280. The molecule has 0 aliphatic carbocycles. The van der Waals surface area contributed by atoms with Gasteiger partial charge in [-0.3, -0.25) is 0 Å². The van der Waals surface area contributed by atoms with Crippen LogP contribution in [0.4, 0.5) is 22.0 Å². The second kappa shape index (κ2) is 8.34. The van der Waals surface area contributed by atoms with Crippen LogP contribution in [0.5, 0.6) is 11.5 Å². The highest BCUT2D eigenvalue weighted by molar-refractivity contribution is 7.89. The molecule has 2 aromatic carbocycles. The lowest BCUT2D eigenvalue weighted by molar-refractivity contribution is 0.286. The van der Waals surface area contributed by atoms with E-state index in [2.05, 4.69) is 0 Å². The number of hydrogen-bond acceptors (Lipinski definition) is 5. The van der Waals surface area contributed by atoms with E-state index in [9.17, 15) is 30.4 Å². The van der Waals surface area contributed by atoms with E-state index in [1.165, 1.54) is 38.7 Å².